The highest BCUT2D eigenvalue weighted by Crippen LogP contribution is 2.26. The lowest BCUT2D eigenvalue weighted by Gasteiger charge is -2.28. The molecule has 24 heavy (non-hydrogen) atoms. The van der Waals surface area contributed by atoms with E-state index in [1.54, 1.807) is 23.1 Å². The molecular weight excluding hydrogens is 468 g/mol. The van der Waals surface area contributed by atoms with E-state index in [0.717, 1.165) is 5.69 Å². The smallest absolute Gasteiger partial charge is 0.253 e. The van der Waals surface area contributed by atoms with E-state index < -0.39 is 5.91 Å². The molecule has 0 saturated heterocycles. The number of nitrogens with zero attached hydrogens (tertiary/aromatic N) is 3. The number of primary amides is 1. The third-order valence-corrected chi connectivity index (χ3v) is 5.13. The van der Waals surface area contributed by atoms with E-state index in [-0.39, 0.29) is 25.7 Å². The molecule has 0 atom stereocenters. The lowest BCUT2D eigenvalue weighted by atomic mass is 10.2. The first-order valence-electron chi connectivity index (χ1n) is 6.88. The van der Waals surface area contributed by atoms with Gasteiger partial charge in [0.1, 0.15) is 10.2 Å². The average molecular weight is 480 g/mol. The Bertz CT molecular complexity index is 839. The summed E-state index contributed by atoms with van der Waals surface area (Å²) in [4.78, 5) is 25.4. The Kier molecular flexibility index (Phi) is 4.88. The third-order valence-electron chi connectivity index (χ3n) is 3.63. The van der Waals surface area contributed by atoms with Crippen molar-refractivity contribution in [2.24, 2.45) is 5.73 Å². The molecule has 1 aliphatic heterocycles. The fraction of sp³-hybridized carbons (Fsp3) is 0.214. The van der Waals surface area contributed by atoms with Gasteiger partial charge in [-0.15, -0.1) is 0 Å². The molecule has 0 spiro atoms. The molecule has 126 valence electrons. The largest absolute Gasteiger partial charge is 0.368 e. The molecule has 1 aliphatic rings. The molecular formula is C14H12Cl2IN5O2. The summed E-state index contributed by atoms with van der Waals surface area (Å²) in [5.74, 6) is -0.655. The summed E-state index contributed by atoms with van der Waals surface area (Å²) in [7, 11) is 0. The quantitative estimate of drug-likeness (QED) is 0.658. The molecule has 0 aliphatic carbocycles. The monoisotopic (exact) mass is 479 g/mol. The van der Waals surface area contributed by atoms with Crippen molar-refractivity contribution >= 4 is 63.3 Å². The molecule has 3 rings (SSSR count). The van der Waals surface area contributed by atoms with Crippen LogP contribution in [0.2, 0.25) is 10.0 Å². The first kappa shape index (κ1) is 17.3. The number of benzene rings is 1. The second kappa shape index (κ2) is 6.77. The summed E-state index contributed by atoms with van der Waals surface area (Å²) in [5.41, 5.74) is 7.16. The number of nitrogens with two attached hydrogens (primary N) is 1. The lowest BCUT2D eigenvalue weighted by Crippen LogP contribution is -2.42. The van der Waals surface area contributed by atoms with Crippen LogP contribution in [0, 0.1) is 3.70 Å². The molecule has 0 bridgehead atoms. The second-order valence-corrected chi connectivity index (χ2v) is 7.03. The molecule has 0 fully saturated rings. The number of anilines is 1. The third kappa shape index (κ3) is 3.31. The molecule has 7 nitrogen and oxygen atoms in total. The Labute approximate surface area is 161 Å². The molecule has 0 radical (unpaired) electrons. The van der Waals surface area contributed by atoms with Crippen LogP contribution in [0.15, 0.2) is 18.2 Å². The van der Waals surface area contributed by atoms with E-state index in [2.05, 4.69) is 10.4 Å². The van der Waals surface area contributed by atoms with Crippen molar-refractivity contribution in [3.05, 3.63) is 43.2 Å². The first-order chi connectivity index (χ1) is 11.4. The Morgan fingerprint density at radius 2 is 2.08 bits per heavy atom. The van der Waals surface area contributed by atoms with Crippen LogP contribution >= 0.6 is 45.8 Å². The van der Waals surface area contributed by atoms with Gasteiger partial charge in [-0.25, -0.2) is 0 Å². The van der Waals surface area contributed by atoms with Gasteiger partial charge in [-0.1, -0.05) is 23.2 Å². The van der Waals surface area contributed by atoms with Crippen LogP contribution in [-0.4, -0.2) is 33.2 Å². The highest BCUT2D eigenvalue weighted by molar-refractivity contribution is 14.1. The number of nitrogens with one attached hydrogen (secondary N) is 1. The molecule has 0 unspecified atom stereocenters. The molecule has 10 heteroatoms. The van der Waals surface area contributed by atoms with Gasteiger partial charge < -0.3 is 16.0 Å². The van der Waals surface area contributed by atoms with E-state index in [0.29, 0.717) is 25.0 Å². The molecule has 2 heterocycles. The zero-order chi connectivity index (χ0) is 17.4. The minimum absolute atomic E-state index is 0.0711. The highest BCUT2D eigenvalue weighted by Gasteiger charge is 2.29. The fourth-order valence-corrected chi connectivity index (χ4v) is 3.57. The highest BCUT2D eigenvalue weighted by atomic mass is 127. The number of hydrogen-bond acceptors (Lipinski definition) is 4. The summed E-state index contributed by atoms with van der Waals surface area (Å²) in [6, 6.07) is 5.12. The molecule has 0 saturated carbocycles. The molecule has 2 amide bonds. The zero-order valence-electron chi connectivity index (χ0n) is 12.2. The standard InChI is InChI=1S/C14H12Cl2IN5O2/c15-8-2-1-7(3-9(8)16)19-6-21-4-10-12(14(18)24)13(17)20-22(10)5-11(21)23/h1-3,19H,4-6H2,(H2,18,24). The molecule has 1 aromatic heterocycles. The summed E-state index contributed by atoms with van der Waals surface area (Å²) in [5, 5.41) is 8.20. The molecule has 2 aromatic rings. The maximum Gasteiger partial charge on any atom is 0.253 e. The lowest BCUT2D eigenvalue weighted by molar-refractivity contribution is -0.134. The van der Waals surface area contributed by atoms with Gasteiger partial charge in [0.2, 0.25) is 5.91 Å². The van der Waals surface area contributed by atoms with E-state index in [9.17, 15) is 9.59 Å². The summed E-state index contributed by atoms with van der Waals surface area (Å²) in [6.45, 7) is 0.583. The SMILES string of the molecule is NC(=O)c1c(I)nn2c1CN(CNc1ccc(Cl)c(Cl)c1)C(=O)C2. The van der Waals surface area contributed by atoms with E-state index in [1.807, 2.05) is 22.6 Å². The number of halogens is 3. The van der Waals surface area contributed by atoms with Crippen molar-refractivity contribution in [1.29, 1.82) is 0 Å². The topological polar surface area (TPSA) is 93.2 Å². The van der Waals surface area contributed by atoms with Crippen molar-refractivity contribution in [2.75, 3.05) is 12.0 Å². The van der Waals surface area contributed by atoms with Crippen LogP contribution in [0.5, 0.6) is 0 Å². The van der Waals surface area contributed by atoms with Crippen molar-refractivity contribution in [3.8, 4) is 0 Å². The van der Waals surface area contributed by atoms with Crippen LogP contribution in [0.1, 0.15) is 16.1 Å². The number of hydrogen-bond donors (Lipinski definition) is 2. The van der Waals surface area contributed by atoms with Gasteiger partial charge in [0.25, 0.3) is 5.91 Å². The van der Waals surface area contributed by atoms with E-state index >= 15 is 0 Å². The average Bonchev–Trinajstić information content (AvgIpc) is 2.83. The van der Waals surface area contributed by atoms with Gasteiger partial charge in [0.15, 0.2) is 0 Å². The second-order valence-electron chi connectivity index (χ2n) is 5.19. The number of amides is 2. The predicted molar refractivity (Wildman–Crippen MR) is 99.0 cm³/mol. The summed E-state index contributed by atoms with van der Waals surface area (Å²) < 4.78 is 2.03. The summed E-state index contributed by atoms with van der Waals surface area (Å²) in [6.07, 6.45) is 0. The maximum atomic E-state index is 12.2. The maximum absolute atomic E-state index is 12.2. The van der Waals surface area contributed by atoms with Crippen molar-refractivity contribution in [3.63, 3.8) is 0 Å². The number of fused-ring (bicyclic) bond motifs is 1. The minimum Gasteiger partial charge on any atom is -0.368 e. The predicted octanol–water partition coefficient (Wildman–Crippen LogP) is 2.31. The Morgan fingerprint density at radius 1 is 1.33 bits per heavy atom. The summed E-state index contributed by atoms with van der Waals surface area (Å²) >= 11 is 13.8. The van der Waals surface area contributed by atoms with E-state index in [4.69, 9.17) is 28.9 Å². The van der Waals surface area contributed by atoms with Crippen molar-refractivity contribution < 1.29 is 9.59 Å². The minimum atomic E-state index is -0.549. The van der Waals surface area contributed by atoms with Crippen LogP contribution in [0.3, 0.4) is 0 Å². The Morgan fingerprint density at radius 3 is 2.75 bits per heavy atom. The Hall–Kier alpha value is -1.52. The zero-order valence-corrected chi connectivity index (χ0v) is 15.9. The van der Waals surface area contributed by atoms with Gasteiger partial charge in [-0.2, -0.15) is 5.10 Å². The van der Waals surface area contributed by atoms with Gasteiger partial charge in [-0.3, -0.25) is 14.3 Å². The van der Waals surface area contributed by atoms with Crippen LogP contribution in [0.4, 0.5) is 5.69 Å². The Balaban J connectivity index is 1.77. The van der Waals surface area contributed by atoms with Gasteiger partial charge in [0.05, 0.1) is 34.5 Å². The number of carbonyl (C=O) groups excluding carboxylic acids is 2. The van der Waals surface area contributed by atoms with Crippen LogP contribution in [-0.2, 0) is 17.9 Å². The van der Waals surface area contributed by atoms with E-state index in [1.165, 1.54) is 4.68 Å². The number of rotatable bonds is 4. The number of aromatic nitrogens is 2. The fourth-order valence-electron chi connectivity index (χ4n) is 2.43. The van der Waals surface area contributed by atoms with Gasteiger partial charge in [0, 0.05) is 5.69 Å². The normalized spacial score (nSPS) is 13.8. The van der Waals surface area contributed by atoms with Crippen molar-refractivity contribution in [1.82, 2.24) is 14.7 Å². The molecule has 3 N–H and O–H groups in total. The molecule has 1 aromatic carbocycles. The first-order valence-corrected chi connectivity index (χ1v) is 8.72. The van der Waals surface area contributed by atoms with Crippen LogP contribution in [0.25, 0.3) is 0 Å². The van der Waals surface area contributed by atoms with Crippen molar-refractivity contribution in [2.45, 2.75) is 13.1 Å². The van der Waals surface area contributed by atoms with Gasteiger partial charge in [-0.05, 0) is 40.8 Å². The number of carbonyl (C=O) groups is 2. The van der Waals surface area contributed by atoms with Crippen LogP contribution < -0.4 is 11.1 Å². The van der Waals surface area contributed by atoms with Gasteiger partial charge >= 0.3 is 0 Å².